The third kappa shape index (κ3) is 4.80. The normalized spacial score (nSPS) is 12.8. The number of nitrogens with one attached hydrogen (secondary N) is 1. The molecule has 1 aromatic carbocycles. The fourth-order valence-electron chi connectivity index (χ4n) is 2.40. The first-order valence-corrected chi connectivity index (χ1v) is 7.94. The highest BCUT2D eigenvalue weighted by Crippen LogP contribution is 2.23. The number of aromatic nitrogens is 2. The highest BCUT2D eigenvalue weighted by Gasteiger charge is 2.08. The molecule has 0 saturated heterocycles. The maximum absolute atomic E-state index is 8.88. The number of rotatable bonds is 8. The first-order chi connectivity index (χ1) is 10.6. The predicted octanol–water partition coefficient (Wildman–Crippen LogP) is 2.79. The molecule has 1 aromatic heterocycles. The summed E-state index contributed by atoms with van der Waals surface area (Å²) in [4.78, 5) is 10.7. The van der Waals surface area contributed by atoms with Gasteiger partial charge in [0.05, 0.1) is 12.1 Å². The summed E-state index contributed by atoms with van der Waals surface area (Å²) in [7, 11) is 2.02. The van der Waals surface area contributed by atoms with Crippen LogP contribution in [0.3, 0.4) is 0 Å². The number of benzene rings is 1. The number of anilines is 1. The molecular weight excluding hydrogens is 300 g/mol. The second kappa shape index (κ2) is 8.27. The summed E-state index contributed by atoms with van der Waals surface area (Å²) in [5.41, 5.74) is 0.847. The van der Waals surface area contributed by atoms with Gasteiger partial charge in [-0.1, -0.05) is 11.6 Å². The fourth-order valence-corrected chi connectivity index (χ4v) is 2.57. The van der Waals surface area contributed by atoms with Crippen molar-refractivity contribution in [3.8, 4) is 0 Å². The van der Waals surface area contributed by atoms with Crippen molar-refractivity contribution < 1.29 is 5.11 Å². The summed E-state index contributed by atoms with van der Waals surface area (Å²) in [6.07, 6.45) is 3.66. The fraction of sp³-hybridized carbons (Fsp3) is 0.500. The molecule has 5 nitrogen and oxygen atoms in total. The average Bonchev–Trinajstić information content (AvgIpc) is 2.47. The van der Waals surface area contributed by atoms with Crippen LogP contribution < -0.4 is 5.32 Å². The number of halogens is 1. The lowest BCUT2D eigenvalue weighted by Gasteiger charge is -2.18. The Morgan fingerprint density at radius 1 is 1.32 bits per heavy atom. The van der Waals surface area contributed by atoms with Crippen LogP contribution in [0.5, 0.6) is 0 Å². The number of nitrogens with zero attached hydrogens (tertiary/aromatic N) is 3. The van der Waals surface area contributed by atoms with Gasteiger partial charge < -0.3 is 15.3 Å². The van der Waals surface area contributed by atoms with Gasteiger partial charge in [0.2, 0.25) is 0 Å². The van der Waals surface area contributed by atoms with E-state index in [-0.39, 0.29) is 6.61 Å². The molecule has 2 rings (SSSR count). The van der Waals surface area contributed by atoms with Gasteiger partial charge in [0, 0.05) is 23.0 Å². The van der Waals surface area contributed by atoms with E-state index in [1.807, 2.05) is 25.2 Å². The molecule has 22 heavy (non-hydrogen) atoms. The molecular formula is C16H23ClN4O. The van der Waals surface area contributed by atoms with E-state index in [4.69, 9.17) is 16.7 Å². The minimum atomic E-state index is 0.208. The van der Waals surface area contributed by atoms with Crippen molar-refractivity contribution in [1.29, 1.82) is 0 Å². The van der Waals surface area contributed by atoms with Gasteiger partial charge in [-0.05, 0) is 51.6 Å². The quantitative estimate of drug-likeness (QED) is 0.782. The molecule has 0 bridgehead atoms. The molecule has 0 aliphatic heterocycles. The molecule has 0 fully saturated rings. The van der Waals surface area contributed by atoms with Gasteiger partial charge in [-0.25, -0.2) is 9.97 Å². The number of fused-ring (bicyclic) bond motifs is 1. The van der Waals surface area contributed by atoms with Crippen LogP contribution in [0.25, 0.3) is 10.9 Å². The summed E-state index contributed by atoms with van der Waals surface area (Å²) in [5, 5.41) is 14.0. The van der Waals surface area contributed by atoms with Crippen LogP contribution in [-0.2, 0) is 0 Å². The van der Waals surface area contributed by atoms with Gasteiger partial charge in [0.1, 0.15) is 12.1 Å². The van der Waals surface area contributed by atoms with Crippen LogP contribution in [0, 0.1) is 0 Å². The predicted molar refractivity (Wildman–Crippen MR) is 91.4 cm³/mol. The third-order valence-electron chi connectivity index (χ3n) is 3.64. The van der Waals surface area contributed by atoms with E-state index in [0.717, 1.165) is 42.7 Å². The smallest absolute Gasteiger partial charge is 0.137 e. The van der Waals surface area contributed by atoms with E-state index in [1.165, 1.54) is 0 Å². The molecule has 6 heteroatoms. The van der Waals surface area contributed by atoms with E-state index >= 15 is 0 Å². The first-order valence-electron chi connectivity index (χ1n) is 7.56. The summed E-state index contributed by atoms with van der Waals surface area (Å²) in [6, 6.07) is 5.96. The van der Waals surface area contributed by atoms with Gasteiger partial charge in [-0.2, -0.15) is 0 Å². The van der Waals surface area contributed by atoms with Crippen LogP contribution in [0.4, 0.5) is 5.82 Å². The van der Waals surface area contributed by atoms with E-state index < -0.39 is 0 Å². The van der Waals surface area contributed by atoms with E-state index in [0.29, 0.717) is 11.1 Å². The standard InChI is InChI=1S/C16H23ClN4O/c1-12(4-3-7-21(2)8-9-22)20-16-14-6-5-13(17)10-15(14)18-11-19-16/h5-6,10-12,22H,3-4,7-9H2,1-2H3,(H,18,19,20). The van der Waals surface area contributed by atoms with Crippen LogP contribution in [0.15, 0.2) is 24.5 Å². The van der Waals surface area contributed by atoms with Crippen molar-refractivity contribution in [3.05, 3.63) is 29.5 Å². The summed E-state index contributed by atoms with van der Waals surface area (Å²) in [6.45, 7) is 4.06. The van der Waals surface area contributed by atoms with Crippen molar-refractivity contribution >= 4 is 28.3 Å². The average molecular weight is 323 g/mol. The third-order valence-corrected chi connectivity index (χ3v) is 3.88. The maximum Gasteiger partial charge on any atom is 0.137 e. The second-order valence-corrected chi connectivity index (χ2v) is 6.03. The van der Waals surface area contributed by atoms with Gasteiger partial charge >= 0.3 is 0 Å². The highest BCUT2D eigenvalue weighted by atomic mass is 35.5. The SMILES string of the molecule is CC(CCCN(C)CCO)Nc1ncnc2cc(Cl)ccc12. The number of aliphatic hydroxyl groups is 1. The minimum absolute atomic E-state index is 0.208. The van der Waals surface area contributed by atoms with Gasteiger partial charge in [-0.15, -0.1) is 0 Å². The lowest BCUT2D eigenvalue weighted by molar-refractivity contribution is 0.219. The van der Waals surface area contributed by atoms with Crippen LogP contribution in [0.2, 0.25) is 5.02 Å². The Morgan fingerprint density at radius 2 is 2.14 bits per heavy atom. The summed E-state index contributed by atoms with van der Waals surface area (Å²) in [5.74, 6) is 0.845. The molecule has 2 aromatic rings. The molecule has 120 valence electrons. The Labute approximate surface area is 136 Å². The molecule has 0 amide bonds. The zero-order chi connectivity index (χ0) is 15.9. The van der Waals surface area contributed by atoms with Crippen LogP contribution in [0.1, 0.15) is 19.8 Å². The Bertz CT molecular complexity index is 608. The minimum Gasteiger partial charge on any atom is -0.395 e. The highest BCUT2D eigenvalue weighted by molar-refractivity contribution is 6.31. The Balaban J connectivity index is 1.93. The van der Waals surface area contributed by atoms with Gasteiger partial charge in [0.25, 0.3) is 0 Å². The number of likely N-dealkylation sites (N-methyl/N-ethyl adjacent to an activating group) is 1. The van der Waals surface area contributed by atoms with E-state index in [2.05, 4.69) is 27.1 Å². The number of aliphatic hydroxyl groups excluding tert-OH is 1. The van der Waals surface area contributed by atoms with Crippen molar-refractivity contribution in [3.63, 3.8) is 0 Å². The number of hydrogen-bond donors (Lipinski definition) is 2. The Hall–Kier alpha value is -1.43. The molecule has 1 heterocycles. The summed E-state index contributed by atoms with van der Waals surface area (Å²) >= 11 is 6.00. The van der Waals surface area contributed by atoms with Crippen molar-refractivity contribution in [2.45, 2.75) is 25.8 Å². The number of hydrogen-bond acceptors (Lipinski definition) is 5. The van der Waals surface area contributed by atoms with Gasteiger partial charge in [0.15, 0.2) is 0 Å². The van der Waals surface area contributed by atoms with Crippen molar-refractivity contribution in [2.24, 2.45) is 0 Å². The molecule has 0 aliphatic rings. The van der Waals surface area contributed by atoms with Crippen molar-refractivity contribution in [2.75, 3.05) is 32.1 Å². The van der Waals surface area contributed by atoms with Crippen LogP contribution >= 0.6 is 11.6 Å². The lowest BCUT2D eigenvalue weighted by Crippen LogP contribution is -2.25. The largest absolute Gasteiger partial charge is 0.395 e. The second-order valence-electron chi connectivity index (χ2n) is 5.60. The molecule has 0 aliphatic carbocycles. The van der Waals surface area contributed by atoms with E-state index in [1.54, 1.807) is 6.33 Å². The zero-order valence-electron chi connectivity index (χ0n) is 13.1. The maximum atomic E-state index is 8.88. The topological polar surface area (TPSA) is 61.3 Å². The molecule has 2 N–H and O–H groups in total. The Morgan fingerprint density at radius 3 is 2.91 bits per heavy atom. The molecule has 0 saturated carbocycles. The molecule has 0 radical (unpaired) electrons. The molecule has 1 unspecified atom stereocenters. The molecule has 1 atom stereocenters. The van der Waals surface area contributed by atoms with Gasteiger partial charge in [-0.3, -0.25) is 0 Å². The zero-order valence-corrected chi connectivity index (χ0v) is 13.8. The first kappa shape index (κ1) is 16.9. The summed E-state index contributed by atoms with van der Waals surface area (Å²) < 4.78 is 0. The van der Waals surface area contributed by atoms with Crippen molar-refractivity contribution in [1.82, 2.24) is 14.9 Å². The van der Waals surface area contributed by atoms with E-state index in [9.17, 15) is 0 Å². The van der Waals surface area contributed by atoms with Crippen LogP contribution in [-0.4, -0.2) is 52.8 Å². The lowest BCUT2D eigenvalue weighted by atomic mass is 10.1. The monoisotopic (exact) mass is 322 g/mol. The Kier molecular flexibility index (Phi) is 6.36. The molecule has 0 spiro atoms.